The quantitative estimate of drug-likeness (QED) is 0.311. The summed E-state index contributed by atoms with van der Waals surface area (Å²) in [5, 5.41) is 5.98. The molecule has 254 valence electrons. The summed E-state index contributed by atoms with van der Waals surface area (Å²) in [4.78, 5) is 48.2. The van der Waals surface area contributed by atoms with Gasteiger partial charge in [0.2, 0.25) is 21.8 Å². The largest absolute Gasteiger partial charge is 0.465 e. The average molecular weight is 696 g/mol. The molecule has 0 radical (unpaired) electrons. The van der Waals surface area contributed by atoms with Crippen LogP contribution in [0.2, 0.25) is 0 Å². The highest BCUT2D eigenvalue weighted by atomic mass is 32.2. The number of para-hydroxylation sites is 1. The van der Waals surface area contributed by atoms with Gasteiger partial charge in [0, 0.05) is 18.0 Å². The minimum absolute atomic E-state index is 0.104. The SMILES string of the molecule is O=C1N[C@]2(C(=O)NS(=O)(=O)C3CC3)C[C@H]2/C=C\CCCCC[C@H](Nc2ccc(F)cc2)C(=O)N2C[C@H](Oc3nc4ccccc4s3)C[C@@H]12. The summed E-state index contributed by atoms with van der Waals surface area (Å²) in [7, 11) is -3.85. The molecule has 0 bridgehead atoms. The molecule has 1 aromatic heterocycles. The number of thiazole rings is 1. The van der Waals surface area contributed by atoms with Gasteiger partial charge < -0.3 is 20.3 Å². The van der Waals surface area contributed by atoms with E-state index in [0.29, 0.717) is 30.1 Å². The van der Waals surface area contributed by atoms with Crippen molar-refractivity contribution in [3.05, 3.63) is 66.5 Å². The zero-order chi connectivity index (χ0) is 33.5. The molecule has 11 nitrogen and oxygen atoms in total. The zero-order valence-corrected chi connectivity index (χ0v) is 27.9. The maximum atomic E-state index is 14.4. The summed E-state index contributed by atoms with van der Waals surface area (Å²) in [5.74, 6) is -2.40. The van der Waals surface area contributed by atoms with Crippen molar-refractivity contribution in [2.45, 2.75) is 86.8 Å². The van der Waals surface area contributed by atoms with Crippen molar-refractivity contribution < 1.29 is 31.9 Å². The Labute approximate surface area is 282 Å². The second-order valence-corrected chi connectivity index (χ2v) is 16.1. The van der Waals surface area contributed by atoms with E-state index in [-0.39, 0.29) is 31.2 Å². The zero-order valence-electron chi connectivity index (χ0n) is 26.3. The lowest BCUT2D eigenvalue weighted by Crippen LogP contribution is -2.57. The number of halogens is 1. The van der Waals surface area contributed by atoms with Crippen molar-refractivity contribution >= 4 is 55.0 Å². The van der Waals surface area contributed by atoms with Gasteiger partial charge in [-0.2, -0.15) is 0 Å². The molecule has 3 amide bonds. The van der Waals surface area contributed by atoms with Crippen LogP contribution in [0.1, 0.15) is 57.8 Å². The number of nitrogens with zero attached hydrogens (tertiary/aromatic N) is 2. The third-order valence-electron chi connectivity index (χ3n) is 9.57. The molecule has 2 aliphatic heterocycles. The highest BCUT2D eigenvalue weighted by molar-refractivity contribution is 7.91. The van der Waals surface area contributed by atoms with Crippen LogP contribution >= 0.6 is 11.3 Å². The van der Waals surface area contributed by atoms with Gasteiger partial charge in [0.1, 0.15) is 29.5 Å². The van der Waals surface area contributed by atoms with Gasteiger partial charge >= 0.3 is 0 Å². The molecule has 7 rings (SSSR count). The van der Waals surface area contributed by atoms with Crippen LogP contribution in [0.3, 0.4) is 0 Å². The Balaban J connectivity index is 1.18. The Morgan fingerprint density at radius 2 is 1.85 bits per heavy atom. The summed E-state index contributed by atoms with van der Waals surface area (Å²) in [6, 6.07) is 11.7. The monoisotopic (exact) mass is 695 g/mol. The normalized spacial score (nSPS) is 28.7. The molecule has 4 aliphatic rings. The highest BCUT2D eigenvalue weighted by Gasteiger charge is 2.62. The number of rotatable bonds is 7. The molecule has 0 unspecified atom stereocenters. The van der Waals surface area contributed by atoms with Crippen molar-refractivity contribution in [2.24, 2.45) is 5.92 Å². The minimum Gasteiger partial charge on any atom is -0.465 e. The number of carbonyl (C=O) groups is 3. The standard InChI is InChI=1S/C34H38FN5O6S2/c35-22-12-14-23(15-13-22)36-27-10-5-3-1-2-4-8-21-19-34(21,32(43)39-48(44,45)25-16-17-25)38-30(41)28-18-24(20-40(28)31(27)42)46-33-37-26-9-6-7-11-29(26)47-33/h4,6-9,11-15,21,24-25,27-28,36H,1-3,5,10,16-20H2,(H,38,41)(H,39,43)/b8-4-/t21-,24-,27+,28+,34-/m1/s1. The molecule has 2 aliphatic carbocycles. The summed E-state index contributed by atoms with van der Waals surface area (Å²) in [6.07, 6.45) is 8.36. The van der Waals surface area contributed by atoms with Gasteiger partial charge in [-0.25, -0.2) is 17.8 Å². The molecule has 3 aromatic rings. The van der Waals surface area contributed by atoms with Crippen LogP contribution in [0, 0.1) is 11.7 Å². The Morgan fingerprint density at radius 1 is 1.06 bits per heavy atom. The number of carbonyl (C=O) groups excluding carboxylic acids is 3. The predicted octanol–water partition coefficient (Wildman–Crippen LogP) is 4.27. The molecule has 3 fully saturated rings. The van der Waals surface area contributed by atoms with Crippen LogP contribution < -0.4 is 20.1 Å². The number of amides is 3. The molecule has 2 aromatic carbocycles. The van der Waals surface area contributed by atoms with E-state index in [0.717, 1.165) is 35.9 Å². The van der Waals surface area contributed by atoms with Gasteiger partial charge in [-0.05, 0) is 74.9 Å². The molecular formula is C34H38FN5O6S2. The van der Waals surface area contributed by atoms with E-state index in [1.807, 2.05) is 36.4 Å². The molecule has 14 heteroatoms. The molecular weight excluding hydrogens is 658 g/mol. The van der Waals surface area contributed by atoms with Crippen molar-refractivity contribution in [2.75, 3.05) is 11.9 Å². The van der Waals surface area contributed by atoms with Gasteiger partial charge in [0.15, 0.2) is 0 Å². The number of hydrogen-bond acceptors (Lipinski definition) is 9. The first kappa shape index (κ1) is 32.5. The first-order valence-electron chi connectivity index (χ1n) is 16.5. The summed E-state index contributed by atoms with van der Waals surface area (Å²) in [5.41, 5.74) is -0.0848. The number of aromatic nitrogens is 1. The van der Waals surface area contributed by atoms with Crippen LogP contribution in [-0.4, -0.2) is 71.5 Å². The molecule has 48 heavy (non-hydrogen) atoms. The van der Waals surface area contributed by atoms with Crippen LogP contribution in [-0.2, 0) is 24.4 Å². The van der Waals surface area contributed by atoms with Crippen LogP contribution in [0.4, 0.5) is 10.1 Å². The maximum absolute atomic E-state index is 14.4. The molecule has 3 N–H and O–H groups in total. The third kappa shape index (κ3) is 6.91. The number of hydrogen-bond donors (Lipinski definition) is 3. The lowest BCUT2D eigenvalue weighted by molar-refractivity contribution is -0.140. The first-order chi connectivity index (χ1) is 23.1. The Hall–Kier alpha value is -4.04. The Morgan fingerprint density at radius 3 is 2.62 bits per heavy atom. The number of benzene rings is 2. The molecule has 3 heterocycles. The third-order valence-corrected chi connectivity index (χ3v) is 12.3. The number of allylic oxidation sites excluding steroid dienone is 1. The van der Waals surface area contributed by atoms with E-state index in [2.05, 4.69) is 20.3 Å². The summed E-state index contributed by atoms with van der Waals surface area (Å²) < 4.78 is 48.6. The van der Waals surface area contributed by atoms with Crippen LogP contribution in [0.25, 0.3) is 10.2 Å². The topological polar surface area (TPSA) is 147 Å². The van der Waals surface area contributed by atoms with E-state index >= 15 is 0 Å². The first-order valence-corrected chi connectivity index (χ1v) is 18.9. The van der Waals surface area contributed by atoms with Gasteiger partial charge in [-0.3, -0.25) is 19.1 Å². The number of sulfonamides is 1. The maximum Gasteiger partial charge on any atom is 0.274 e. The second kappa shape index (κ2) is 13.1. The van der Waals surface area contributed by atoms with E-state index in [9.17, 15) is 27.2 Å². The smallest absolute Gasteiger partial charge is 0.274 e. The fourth-order valence-corrected chi connectivity index (χ4v) is 8.88. The average Bonchev–Trinajstić information content (AvgIpc) is 3.95. The van der Waals surface area contributed by atoms with Crippen LogP contribution in [0.5, 0.6) is 5.19 Å². The molecule has 0 spiro atoms. The number of fused-ring (bicyclic) bond motifs is 3. The lowest BCUT2D eigenvalue weighted by atomic mass is 10.0. The van der Waals surface area contributed by atoms with Crippen molar-refractivity contribution in [3.8, 4) is 5.19 Å². The molecule has 1 saturated heterocycles. The fraction of sp³-hybridized carbons (Fsp3) is 0.471. The van der Waals surface area contributed by atoms with Gasteiger partial charge in [0.25, 0.3) is 11.1 Å². The fourth-order valence-electron chi connectivity index (χ4n) is 6.64. The predicted molar refractivity (Wildman–Crippen MR) is 179 cm³/mol. The van der Waals surface area contributed by atoms with Crippen molar-refractivity contribution in [1.82, 2.24) is 19.9 Å². The van der Waals surface area contributed by atoms with Crippen molar-refractivity contribution in [1.29, 1.82) is 0 Å². The molecule has 2 saturated carbocycles. The summed E-state index contributed by atoms with van der Waals surface area (Å²) >= 11 is 1.37. The number of ether oxygens (including phenoxy) is 1. The van der Waals surface area contributed by atoms with Gasteiger partial charge in [-0.1, -0.05) is 48.5 Å². The lowest BCUT2D eigenvalue weighted by Gasteiger charge is -2.30. The van der Waals surface area contributed by atoms with E-state index in [4.69, 9.17) is 4.74 Å². The Bertz CT molecular complexity index is 1810. The highest BCUT2D eigenvalue weighted by Crippen LogP contribution is 2.46. The summed E-state index contributed by atoms with van der Waals surface area (Å²) in [6.45, 7) is 0.104. The number of anilines is 1. The van der Waals surface area contributed by atoms with E-state index in [1.54, 1.807) is 12.1 Å². The van der Waals surface area contributed by atoms with Gasteiger partial charge in [-0.15, -0.1) is 0 Å². The van der Waals surface area contributed by atoms with Crippen LogP contribution in [0.15, 0.2) is 60.7 Å². The van der Waals surface area contributed by atoms with E-state index < -0.39 is 56.6 Å². The second-order valence-electron chi connectivity index (χ2n) is 13.1. The molecule has 5 atom stereocenters. The van der Waals surface area contributed by atoms with Gasteiger partial charge in [0.05, 0.1) is 22.0 Å². The minimum atomic E-state index is -3.85. The van der Waals surface area contributed by atoms with Crippen molar-refractivity contribution in [3.63, 3.8) is 0 Å². The Kier molecular flexibility index (Phi) is 8.88. The van der Waals surface area contributed by atoms with E-state index in [1.165, 1.54) is 28.4 Å². The number of nitrogens with one attached hydrogen (secondary N) is 3.